The zero-order valence-corrected chi connectivity index (χ0v) is 17.6. The molecule has 0 aliphatic heterocycles. The average Bonchev–Trinajstić information content (AvgIpc) is 2.70. The number of carbonyl (C=O) groups excluding carboxylic acids is 1. The second-order valence-electron chi connectivity index (χ2n) is 6.27. The van der Waals surface area contributed by atoms with Gasteiger partial charge >= 0.3 is 0 Å². The van der Waals surface area contributed by atoms with Gasteiger partial charge in [0.1, 0.15) is 0 Å². The number of halogens is 2. The van der Waals surface area contributed by atoms with E-state index in [1.165, 1.54) is 12.1 Å². The number of rotatable bonds is 7. The summed E-state index contributed by atoms with van der Waals surface area (Å²) >= 11 is 11.9. The van der Waals surface area contributed by atoms with Gasteiger partial charge < -0.3 is 5.32 Å². The van der Waals surface area contributed by atoms with Crippen LogP contribution in [0.15, 0.2) is 83.8 Å². The Bertz CT molecular complexity index is 1090. The van der Waals surface area contributed by atoms with Crippen LogP contribution >= 0.6 is 23.2 Å². The molecule has 0 radical (unpaired) electrons. The van der Waals surface area contributed by atoms with Crippen LogP contribution in [0.4, 0.5) is 5.69 Å². The Hall–Kier alpha value is -2.38. The molecule has 0 aliphatic rings. The summed E-state index contributed by atoms with van der Waals surface area (Å²) in [6, 6.07) is 21.5. The molecular weight excluding hydrogens is 431 g/mol. The topological polar surface area (TPSA) is 66.5 Å². The van der Waals surface area contributed by atoms with Crippen LogP contribution in [0, 0.1) is 0 Å². The fourth-order valence-corrected chi connectivity index (χ4v) is 4.41. The first-order chi connectivity index (χ1) is 13.8. The first-order valence-corrected chi connectivity index (χ1v) is 10.9. The predicted molar refractivity (Wildman–Crippen MR) is 116 cm³/mol. The van der Waals surface area contributed by atoms with Gasteiger partial charge in [-0.1, -0.05) is 59.6 Å². The van der Waals surface area contributed by atoms with E-state index >= 15 is 0 Å². The Balaban J connectivity index is 1.85. The van der Waals surface area contributed by atoms with E-state index in [9.17, 15) is 13.2 Å². The lowest BCUT2D eigenvalue weighted by atomic mass is 10.2. The van der Waals surface area contributed by atoms with Crippen LogP contribution < -0.4 is 5.32 Å². The number of nitrogens with zero attached hydrogens (tertiary/aromatic N) is 1. The number of sulfonamides is 1. The summed E-state index contributed by atoms with van der Waals surface area (Å²) in [5.74, 6) is -0.472. The van der Waals surface area contributed by atoms with Crippen molar-refractivity contribution in [1.82, 2.24) is 4.31 Å². The number of hydrogen-bond donors (Lipinski definition) is 1. The number of carbonyl (C=O) groups is 1. The van der Waals surface area contributed by atoms with Gasteiger partial charge in [0, 0.05) is 22.3 Å². The van der Waals surface area contributed by atoms with Crippen LogP contribution in [0.25, 0.3) is 0 Å². The summed E-state index contributed by atoms with van der Waals surface area (Å²) in [5, 5.41) is 3.70. The molecule has 3 rings (SSSR count). The average molecular weight is 449 g/mol. The number of amides is 1. The summed E-state index contributed by atoms with van der Waals surface area (Å²) in [6.07, 6.45) is 0. The van der Waals surface area contributed by atoms with Crippen molar-refractivity contribution in [1.29, 1.82) is 0 Å². The van der Waals surface area contributed by atoms with Gasteiger partial charge in [-0.25, -0.2) is 8.42 Å². The number of hydrogen-bond acceptors (Lipinski definition) is 3. The minimum Gasteiger partial charge on any atom is -0.325 e. The van der Waals surface area contributed by atoms with Gasteiger partial charge in [0.25, 0.3) is 0 Å². The summed E-state index contributed by atoms with van der Waals surface area (Å²) in [4.78, 5) is 12.7. The van der Waals surface area contributed by atoms with Gasteiger partial charge in [-0.3, -0.25) is 4.79 Å². The lowest BCUT2D eigenvalue weighted by Crippen LogP contribution is -2.37. The molecule has 3 aromatic rings. The summed E-state index contributed by atoms with van der Waals surface area (Å²) in [5.41, 5.74) is 1.20. The smallest absolute Gasteiger partial charge is 0.243 e. The second kappa shape index (κ2) is 9.41. The van der Waals surface area contributed by atoms with Crippen LogP contribution in [0.2, 0.25) is 10.0 Å². The van der Waals surface area contributed by atoms with E-state index in [1.54, 1.807) is 66.7 Å². The van der Waals surface area contributed by atoms with Crippen LogP contribution in [-0.4, -0.2) is 25.2 Å². The first kappa shape index (κ1) is 21.3. The largest absolute Gasteiger partial charge is 0.325 e. The molecular formula is C21H18Cl2N2O3S. The highest BCUT2D eigenvalue weighted by molar-refractivity contribution is 7.89. The van der Waals surface area contributed by atoms with Crippen molar-refractivity contribution in [2.45, 2.75) is 11.4 Å². The van der Waals surface area contributed by atoms with Crippen LogP contribution in [-0.2, 0) is 21.4 Å². The molecule has 0 aromatic heterocycles. The standard InChI is InChI=1S/C21H18Cl2N2O3S/c22-17-11-9-16(10-12-17)14-25(29(27,28)20-7-2-1-3-8-20)15-21(26)24-19-6-4-5-18(23)13-19/h1-13H,14-15H2,(H,24,26). The molecule has 0 saturated heterocycles. The third-order valence-corrected chi connectivity index (χ3v) is 6.37. The highest BCUT2D eigenvalue weighted by Crippen LogP contribution is 2.20. The highest BCUT2D eigenvalue weighted by Gasteiger charge is 2.26. The molecule has 0 unspecified atom stereocenters. The van der Waals surface area contributed by atoms with Gasteiger partial charge in [-0.15, -0.1) is 0 Å². The molecule has 0 atom stereocenters. The minimum atomic E-state index is -3.89. The molecule has 1 N–H and O–H groups in total. The molecule has 0 heterocycles. The molecule has 0 bridgehead atoms. The van der Waals surface area contributed by atoms with Crippen molar-refractivity contribution in [3.63, 3.8) is 0 Å². The van der Waals surface area contributed by atoms with E-state index in [1.807, 2.05) is 0 Å². The van der Waals surface area contributed by atoms with E-state index in [-0.39, 0.29) is 18.0 Å². The number of nitrogens with one attached hydrogen (secondary N) is 1. The molecule has 0 fully saturated rings. The molecule has 8 heteroatoms. The monoisotopic (exact) mass is 448 g/mol. The number of anilines is 1. The van der Waals surface area contributed by atoms with Crippen molar-refractivity contribution in [3.05, 3.63) is 94.5 Å². The van der Waals surface area contributed by atoms with E-state index in [0.29, 0.717) is 21.3 Å². The third-order valence-electron chi connectivity index (χ3n) is 4.08. The molecule has 29 heavy (non-hydrogen) atoms. The van der Waals surface area contributed by atoms with Crippen LogP contribution in [0.1, 0.15) is 5.56 Å². The third kappa shape index (κ3) is 5.81. The molecule has 1 amide bonds. The summed E-state index contributed by atoms with van der Waals surface area (Å²) < 4.78 is 27.4. The SMILES string of the molecule is O=C(CN(Cc1ccc(Cl)cc1)S(=O)(=O)c1ccccc1)Nc1cccc(Cl)c1. The van der Waals surface area contributed by atoms with Crippen molar-refractivity contribution in [2.24, 2.45) is 0 Å². The molecule has 150 valence electrons. The lowest BCUT2D eigenvalue weighted by molar-refractivity contribution is -0.116. The highest BCUT2D eigenvalue weighted by atomic mass is 35.5. The van der Waals surface area contributed by atoms with E-state index < -0.39 is 15.9 Å². The maximum Gasteiger partial charge on any atom is 0.243 e. The Morgan fingerprint density at radius 1 is 0.862 bits per heavy atom. The maximum atomic E-state index is 13.1. The summed E-state index contributed by atoms with van der Waals surface area (Å²) in [7, 11) is -3.89. The Morgan fingerprint density at radius 2 is 1.55 bits per heavy atom. The maximum absolute atomic E-state index is 13.1. The Labute approximate surface area is 179 Å². The molecule has 3 aromatic carbocycles. The lowest BCUT2D eigenvalue weighted by Gasteiger charge is -2.22. The van der Waals surface area contributed by atoms with Crippen molar-refractivity contribution in [2.75, 3.05) is 11.9 Å². The van der Waals surface area contributed by atoms with Crippen molar-refractivity contribution in [3.8, 4) is 0 Å². The van der Waals surface area contributed by atoms with Crippen LogP contribution in [0.5, 0.6) is 0 Å². The molecule has 0 saturated carbocycles. The first-order valence-electron chi connectivity index (χ1n) is 8.70. The number of benzene rings is 3. The van der Waals surface area contributed by atoms with E-state index in [2.05, 4.69) is 5.32 Å². The van der Waals surface area contributed by atoms with Gasteiger partial charge in [-0.05, 0) is 48.0 Å². The van der Waals surface area contributed by atoms with E-state index in [0.717, 1.165) is 4.31 Å². The van der Waals surface area contributed by atoms with Gasteiger partial charge in [-0.2, -0.15) is 4.31 Å². The molecule has 0 aliphatic carbocycles. The van der Waals surface area contributed by atoms with Gasteiger partial charge in [0.2, 0.25) is 15.9 Å². The van der Waals surface area contributed by atoms with E-state index in [4.69, 9.17) is 23.2 Å². The molecule has 0 spiro atoms. The summed E-state index contributed by atoms with van der Waals surface area (Å²) in [6.45, 7) is -0.330. The Kier molecular flexibility index (Phi) is 6.92. The fraction of sp³-hybridized carbons (Fsp3) is 0.0952. The Morgan fingerprint density at radius 3 is 2.21 bits per heavy atom. The van der Waals surface area contributed by atoms with Crippen LogP contribution in [0.3, 0.4) is 0 Å². The quantitative estimate of drug-likeness (QED) is 0.562. The van der Waals surface area contributed by atoms with Gasteiger partial charge in [0.05, 0.1) is 11.4 Å². The van der Waals surface area contributed by atoms with Crippen molar-refractivity contribution >= 4 is 44.8 Å². The predicted octanol–water partition coefficient (Wildman–Crippen LogP) is 4.82. The fourth-order valence-electron chi connectivity index (χ4n) is 2.69. The zero-order chi connectivity index (χ0) is 20.9. The minimum absolute atomic E-state index is 0.0252. The second-order valence-corrected chi connectivity index (χ2v) is 9.08. The van der Waals surface area contributed by atoms with Crippen molar-refractivity contribution < 1.29 is 13.2 Å². The normalized spacial score (nSPS) is 11.4. The van der Waals surface area contributed by atoms with Gasteiger partial charge in [0.15, 0.2) is 0 Å². The zero-order valence-electron chi connectivity index (χ0n) is 15.3. The molecule has 5 nitrogen and oxygen atoms in total.